The normalized spacial score (nSPS) is 24.8. The Morgan fingerprint density at radius 2 is 1.76 bits per heavy atom. The molecule has 0 bridgehead atoms. The minimum Gasteiger partial charge on any atom is -0.373 e. The second-order valence-electron chi connectivity index (χ2n) is 7.16. The fourth-order valence-electron chi connectivity index (χ4n) is 3.38. The first kappa shape index (κ1) is 23.4. The van der Waals surface area contributed by atoms with Gasteiger partial charge in [-0.2, -0.15) is 12.6 Å². The lowest BCUT2D eigenvalue weighted by molar-refractivity contribution is -0.00157. The molecule has 1 heterocycles. The molecule has 0 spiro atoms. The van der Waals surface area contributed by atoms with E-state index in [1.165, 1.54) is 57.8 Å². The predicted octanol–water partition coefficient (Wildman–Crippen LogP) is 5.37. The maximum Gasteiger partial charge on any atom is 0.517 e. The van der Waals surface area contributed by atoms with E-state index in [4.69, 9.17) is 13.4 Å². The van der Waals surface area contributed by atoms with Crippen LogP contribution in [0.15, 0.2) is 0 Å². The van der Waals surface area contributed by atoms with Crippen LogP contribution in [0.1, 0.15) is 84.5 Å². The van der Waals surface area contributed by atoms with E-state index in [2.05, 4.69) is 25.0 Å². The van der Waals surface area contributed by atoms with Crippen molar-refractivity contribution in [2.24, 2.45) is 5.92 Å². The molecule has 0 aromatic rings. The van der Waals surface area contributed by atoms with Gasteiger partial charge in [-0.3, -0.25) is 4.53 Å². The summed E-state index contributed by atoms with van der Waals surface area (Å²) in [6.45, 7) is 6.61. The number of hydroxylamine groups is 1. The molecule has 150 valence electrons. The van der Waals surface area contributed by atoms with Crippen molar-refractivity contribution >= 4 is 21.4 Å². The van der Waals surface area contributed by atoms with Crippen molar-refractivity contribution < 1.29 is 13.4 Å². The first-order valence-electron chi connectivity index (χ1n) is 10.6. The Morgan fingerprint density at radius 1 is 1.04 bits per heavy atom. The molecule has 0 aliphatic carbocycles. The molecule has 1 fully saturated rings. The van der Waals surface area contributed by atoms with Gasteiger partial charge in [-0.05, 0) is 37.9 Å². The molecule has 1 aliphatic rings. The van der Waals surface area contributed by atoms with Crippen LogP contribution in [0.3, 0.4) is 0 Å². The molecule has 2 unspecified atom stereocenters. The Labute approximate surface area is 162 Å². The van der Waals surface area contributed by atoms with Crippen LogP contribution in [0, 0.1) is 5.92 Å². The van der Waals surface area contributed by atoms with E-state index in [0.717, 1.165) is 37.8 Å². The minimum absolute atomic E-state index is 0.641. The third-order valence-electron chi connectivity index (χ3n) is 4.92. The quantitative estimate of drug-likeness (QED) is 0.237. The second-order valence-corrected chi connectivity index (χ2v) is 10.3. The summed E-state index contributed by atoms with van der Waals surface area (Å²) in [5.41, 5.74) is 3.18. The molecule has 0 aromatic carbocycles. The third kappa shape index (κ3) is 11.0. The fourth-order valence-corrected chi connectivity index (χ4v) is 6.21. The molecule has 2 atom stereocenters. The summed E-state index contributed by atoms with van der Waals surface area (Å²) >= 11 is 4.30. The van der Waals surface area contributed by atoms with Crippen molar-refractivity contribution in [2.75, 3.05) is 25.5 Å². The molecule has 0 aromatic heterocycles. The van der Waals surface area contributed by atoms with E-state index in [9.17, 15) is 0 Å². The zero-order chi connectivity index (χ0) is 18.2. The van der Waals surface area contributed by atoms with Gasteiger partial charge in [-0.25, -0.2) is 5.48 Å². The van der Waals surface area contributed by atoms with E-state index < -0.39 is 8.80 Å². The number of hydrogen-bond donors (Lipinski definition) is 2. The largest absolute Gasteiger partial charge is 0.517 e. The molecule has 1 aliphatic heterocycles. The Morgan fingerprint density at radius 3 is 2.44 bits per heavy atom. The summed E-state index contributed by atoms with van der Waals surface area (Å²) in [7, 11) is -2.54. The van der Waals surface area contributed by atoms with Gasteiger partial charge in [-0.1, -0.05) is 58.3 Å². The van der Waals surface area contributed by atoms with E-state index in [-0.39, 0.29) is 0 Å². The standard InChI is InChI=1S/C19H41NO3SSi/c1-3-5-6-7-8-9-10-11-13-19-14-15-22-25(21-4-2,17-12-16-24)23-20-18-19/h19-20,24H,3-18H2,1-2H3. The van der Waals surface area contributed by atoms with Gasteiger partial charge in [0.2, 0.25) is 0 Å². The summed E-state index contributed by atoms with van der Waals surface area (Å²) in [5.74, 6) is 1.49. The second kappa shape index (κ2) is 15.5. The number of nitrogens with one attached hydrogen (secondary N) is 1. The molecule has 0 amide bonds. The Balaban J connectivity index is 2.16. The van der Waals surface area contributed by atoms with Gasteiger partial charge in [0.15, 0.2) is 0 Å². The molecule has 1 rings (SSSR count). The molecule has 25 heavy (non-hydrogen) atoms. The molecular weight excluding hydrogens is 350 g/mol. The number of rotatable bonds is 14. The number of thiol groups is 1. The maximum absolute atomic E-state index is 6.12. The molecule has 0 radical (unpaired) electrons. The van der Waals surface area contributed by atoms with Gasteiger partial charge in [0.25, 0.3) is 0 Å². The van der Waals surface area contributed by atoms with Crippen LogP contribution < -0.4 is 5.48 Å². The molecule has 4 nitrogen and oxygen atoms in total. The molecular formula is C19H41NO3SSi. The van der Waals surface area contributed by atoms with Gasteiger partial charge in [-0.15, -0.1) is 0 Å². The highest BCUT2D eigenvalue weighted by molar-refractivity contribution is 7.80. The lowest BCUT2D eigenvalue weighted by atomic mass is 9.97. The van der Waals surface area contributed by atoms with E-state index in [1.54, 1.807) is 0 Å². The van der Waals surface area contributed by atoms with Crippen LogP contribution in [0.4, 0.5) is 0 Å². The van der Waals surface area contributed by atoms with Crippen molar-refractivity contribution in [2.45, 2.75) is 90.5 Å². The number of unbranched alkanes of at least 4 members (excludes halogenated alkanes) is 7. The van der Waals surface area contributed by atoms with Crippen LogP contribution in [0.2, 0.25) is 6.04 Å². The van der Waals surface area contributed by atoms with Crippen LogP contribution in [-0.4, -0.2) is 34.3 Å². The summed E-state index contributed by atoms with van der Waals surface area (Å²) in [6.07, 6.45) is 14.4. The van der Waals surface area contributed by atoms with Crippen LogP contribution in [0.5, 0.6) is 0 Å². The zero-order valence-electron chi connectivity index (χ0n) is 16.6. The van der Waals surface area contributed by atoms with Gasteiger partial charge < -0.3 is 8.85 Å². The smallest absolute Gasteiger partial charge is 0.373 e. The summed E-state index contributed by atoms with van der Waals surface area (Å²) < 4.78 is 18.0. The fraction of sp³-hybridized carbons (Fsp3) is 1.00. The van der Waals surface area contributed by atoms with E-state index in [1.807, 2.05) is 6.92 Å². The summed E-state index contributed by atoms with van der Waals surface area (Å²) in [5, 5.41) is 0. The van der Waals surface area contributed by atoms with Gasteiger partial charge in [0.05, 0.1) is 0 Å². The Hall–Kier alpha value is 0.407. The topological polar surface area (TPSA) is 39.7 Å². The van der Waals surface area contributed by atoms with Gasteiger partial charge in [0, 0.05) is 25.8 Å². The van der Waals surface area contributed by atoms with Gasteiger partial charge >= 0.3 is 8.80 Å². The van der Waals surface area contributed by atoms with Crippen molar-refractivity contribution in [1.82, 2.24) is 5.48 Å². The molecule has 6 heteroatoms. The maximum atomic E-state index is 6.12. The Bertz CT molecular complexity index is 300. The first-order valence-corrected chi connectivity index (χ1v) is 13.1. The Kier molecular flexibility index (Phi) is 14.5. The highest BCUT2D eigenvalue weighted by Gasteiger charge is 2.42. The van der Waals surface area contributed by atoms with Crippen molar-refractivity contribution in [3.05, 3.63) is 0 Å². The average molecular weight is 392 g/mol. The van der Waals surface area contributed by atoms with Crippen LogP contribution >= 0.6 is 12.6 Å². The van der Waals surface area contributed by atoms with E-state index >= 15 is 0 Å². The summed E-state index contributed by atoms with van der Waals surface area (Å²) in [6, 6.07) is 0.847. The summed E-state index contributed by atoms with van der Waals surface area (Å²) in [4.78, 5) is 0. The van der Waals surface area contributed by atoms with Crippen LogP contribution in [0.25, 0.3) is 0 Å². The van der Waals surface area contributed by atoms with Gasteiger partial charge in [0.1, 0.15) is 0 Å². The average Bonchev–Trinajstić information content (AvgIpc) is 2.59. The zero-order valence-corrected chi connectivity index (χ0v) is 18.5. The monoisotopic (exact) mass is 391 g/mol. The molecule has 1 saturated heterocycles. The number of hydrogen-bond acceptors (Lipinski definition) is 5. The SMILES string of the molecule is CCCCCCCCCCC1CCO[Si](CCCS)(OCC)ONC1. The third-order valence-corrected chi connectivity index (χ3v) is 8.03. The highest BCUT2D eigenvalue weighted by atomic mass is 32.1. The predicted molar refractivity (Wildman–Crippen MR) is 111 cm³/mol. The highest BCUT2D eigenvalue weighted by Crippen LogP contribution is 2.23. The lowest BCUT2D eigenvalue weighted by Gasteiger charge is -2.32. The van der Waals surface area contributed by atoms with Crippen molar-refractivity contribution in [3.8, 4) is 0 Å². The van der Waals surface area contributed by atoms with Crippen molar-refractivity contribution in [1.29, 1.82) is 0 Å². The lowest BCUT2D eigenvalue weighted by Crippen LogP contribution is -2.52. The van der Waals surface area contributed by atoms with Crippen molar-refractivity contribution in [3.63, 3.8) is 0 Å². The molecule has 0 saturated carbocycles. The first-order chi connectivity index (χ1) is 12.3. The minimum atomic E-state index is -2.54. The van der Waals surface area contributed by atoms with Crippen LogP contribution in [-0.2, 0) is 13.4 Å². The van der Waals surface area contributed by atoms with E-state index in [0.29, 0.717) is 12.5 Å². The molecule has 1 N–H and O–H groups in total.